The Labute approximate surface area is 74.9 Å². The van der Waals surface area contributed by atoms with Crippen molar-refractivity contribution in [3.05, 3.63) is 0 Å². The number of hydrogen-bond acceptors (Lipinski definition) is 1. The lowest BCUT2D eigenvalue weighted by molar-refractivity contribution is -0.136. The van der Waals surface area contributed by atoms with Gasteiger partial charge in [0.15, 0.2) is 0 Å². The number of amides is 1. The van der Waals surface area contributed by atoms with Crippen molar-refractivity contribution in [1.82, 2.24) is 4.90 Å². The number of piperidine rings is 1. The maximum Gasteiger partial charge on any atom is 0.222 e. The topological polar surface area (TPSA) is 20.3 Å². The van der Waals surface area contributed by atoms with Gasteiger partial charge in [-0.15, -0.1) is 0 Å². The predicted molar refractivity (Wildman–Crippen MR) is 49.9 cm³/mol. The Bertz CT molecular complexity index is 165. The van der Waals surface area contributed by atoms with Crippen LogP contribution in [-0.2, 0) is 4.79 Å². The van der Waals surface area contributed by atoms with E-state index in [1.807, 2.05) is 4.90 Å². The zero-order chi connectivity index (χ0) is 9.14. The Morgan fingerprint density at radius 3 is 2.42 bits per heavy atom. The molecule has 0 aromatic heterocycles. The van der Waals surface area contributed by atoms with E-state index in [2.05, 4.69) is 20.8 Å². The van der Waals surface area contributed by atoms with Gasteiger partial charge in [0.05, 0.1) is 0 Å². The zero-order valence-corrected chi connectivity index (χ0v) is 8.34. The largest absolute Gasteiger partial charge is 0.340 e. The van der Waals surface area contributed by atoms with Gasteiger partial charge in [-0.1, -0.05) is 13.8 Å². The van der Waals surface area contributed by atoms with Gasteiger partial charge in [0.25, 0.3) is 0 Å². The number of nitrogens with zero attached hydrogens (tertiary/aromatic N) is 1. The first-order chi connectivity index (χ1) is 5.63. The first-order valence-electron chi connectivity index (χ1n) is 4.92. The van der Waals surface area contributed by atoms with Crippen molar-refractivity contribution in [1.29, 1.82) is 0 Å². The van der Waals surface area contributed by atoms with Gasteiger partial charge in [0.2, 0.25) is 5.91 Å². The highest BCUT2D eigenvalue weighted by atomic mass is 16.2. The standard InChI is InChI=1S/C10H19NO/c1-8(2)9(3)11-7-5-4-6-10(11)12/h8-9H,4-7H2,1-3H3/t9-/m1/s1. The Hall–Kier alpha value is -0.530. The average Bonchev–Trinajstić information content (AvgIpc) is 2.04. The molecule has 1 aliphatic rings. The van der Waals surface area contributed by atoms with Crippen molar-refractivity contribution < 1.29 is 4.79 Å². The SMILES string of the molecule is CC(C)[C@@H](C)N1CCCCC1=O. The van der Waals surface area contributed by atoms with Crippen molar-refractivity contribution >= 4 is 5.91 Å². The molecule has 1 fully saturated rings. The lowest BCUT2D eigenvalue weighted by Crippen LogP contribution is -2.44. The van der Waals surface area contributed by atoms with Crippen molar-refractivity contribution in [2.45, 2.75) is 46.1 Å². The van der Waals surface area contributed by atoms with E-state index in [1.54, 1.807) is 0 Å². The summed E-state index contributed by atoms with van der Waals surface area (Å²) in [7, 11) is 0. The Balaban J connectivity index is 2.53. The molecule has 0 unspecified atom stereocenters. The number of carbonyl (C=O) groups is 1. The summed E-state index contributed by atoms with van der Waals surface area (Å²) < 4.78 is 0. The van der Waals surface area contributed by atoms with E-state index in [0.29, 0.717) is 17.9 Å². The molecule has 1 aliphatic heterocycles. The first-order valence-corrected chi connectivity index (χ1v) is 4.92. The summed E-state index contributed by atoms with van der Waals surface area (Å²) in [6.45, 7) is 7.46. The second-order valence-corrected chi connectivity index (χ2v) is 4.03. The molecular weight excluding hydrogens is 150 g/mol. The first kappa shape index (κ1) is 9.56. The average molecular weight is 169 g/mol. The van der Waals surface area contributed by atoms with Crippen molar-refractivity contribution in [2.24, 2.45) is 5.92 Å². The quantitative estimate of drug-likeness (QED) is 0.619. The minimum atomic E-state index is 0.349. The molecule has 0 radical (unpaired) electrons. The molecular formula is C10H19NO. The summed E-state index contributed by atoms with van der Waals surface area (Å²) in [6, 6.07) is 0.415. The number of likely N-dealkylation sites (tertiary alicyclic amines) is 1. The number of rotatable bonds is 2. The van der Waals surface area contributed by atoms with Gasteiger partial charge in [-0.2, -0.15) is 0 Å². The van der Waals surface area contributed by atoms with Crippen LogP contribution in [0.25, 0.3) is 0 Å². The molecule has 12 heavy (non-hydrogen) atoms. The maximum absolute atomic E-state index is 11.5. The van der Waals surface area contributed by atoms with E-state index >= 15 is 0 Å². The highest BCUT2D eigenvalue weighted by molar-refractivity contribution is 5.77. The van der Waals surface area contributed by atoms with E-state index in [1.165, 1.54) is 6.42 Å². The molecule has 70 valence electrons. The van der Waals surface area contributed by atoms with Crippen LogP contribution in [0.5, 0.6) is 0 Å². The van der Waals surface area contributed by atoms with Crippen LogP contribution in [0.2, 0.25) is 0 Å². The third-order valence-electron chi connectivity index (χ3n) is 2.82. The smallest absolute Gasteiger partial charge is 0.222 e. The summed E-state index contributed by atoms with van der Waals surface area (Å²) in [5.74, 6) is 0.925. The van der Waals surface area contributed by atoms with Gasteiger partial charge >= 0.3 is 0 Å². The summed E-state index contributed by atoms with van der Waals surface area (Å²) in [5, 5.41) is 0. The third kappa shape index (κ3) is 1.99. The zero-order valence-electron chi connectivity index (χ0n) is 8.34. The van der Waals surface area contributed by atoms with E-state index in [0.717, 1.165) is 19.4 Å². The molecule has 1 amide bonds. The normalized spacial score (nSPS) is 21.7. The Morgan fingerprint density at radius 1 is 1.25 bits per heavy atom. The number of carbonyl (C=O) groups excluding carboxylic acids is 1. The second kappa shape index (κ2) is 3.92. The van der Waals surface area contributed by atoms with Crippen LogP contribution in [0.3, 0.4) is 0 Å². The van der Waals surface area contributed by atoms with E-state index in [-0.39, 0.29) is 0 Å². The van der Waals surface area contributed by atoms with Crippen molar-refractivity contribution in [3.8, 4) is 0 Å². The molecule has 1 atom stereocenters. The van der Waals surface area contributed by atoms with E-state index in [4.69, 9.17) is 0 Å². The van der Waals surface area contributed by atoms with Crippen LogP contribution < -0.4 is 0 Å². The van der Waals surface area contributed by atoms with Gasteiger partial charge in [0.1, 0.15) is 0 Å². The molecule has 2 heteroatoms. The number of hydrogen-bond donors (Lipinski definition) is 0. The van der Waals surface area contributed by atoms with Gasteiger partial charge < -0.3 is 4.90 Å². The Kier molecular flexibility index (Phi) is 3.12. The predicted octanol–water partition coefficient (Wildman–Crippen LogP) is 2.04. The molecule has 0 bridgehead atoms. The molecule has 1 saturated heterocycles. The van der Waals surface area contributed by atoms with Crippen molar-refractivity contribution in [2.75, 3.05) is 6.54 Å². The molecule has 0 N–H and O–H groups in total. The summed E-state index contributed by atoms with van der Waals surface area (Å²) in [6.07, 6.45) is 3.03. The molecule has 1 heterocycles. The van der Waals surface area contributed by atoms with Crippen molar-refractivity contribution in [3.63, 3.8) is 0 Å². The van der Waals surface area contributed by atoms with Crippen LogP contribution in [-0.4, -0.2) is 23.4 Å². The lowest BCUT2D eigenvalue weighted by atomic mass is 10.0. The van der Waals surface area contributed by atoms with Gasteiger partial charge in [-0.05, 0) is 25.7 Å². The van der Waals surface area contributed by atoms with E-state index < -0.39 is 0 Å². The fourth-order valence-electron chi connectivity index (χ4n) is 1.62. The van der Waals surface area contributed by atoms with Crippen LogP contribution in [0, 0.1) is 5.92 Å². The van der Waals surface area contributed by atoms with Gasteiger partial charge in [0, 0.05) is 19.0 Å². The summed E-state index contributed by atoms with van der Waals surface area (Å²) in [5.41, 5.74) is 0. The van der Waals surface area contributed by atoms with Gasteiger partial charge in [-0.25, -0.2) is 0 Å². The molecule has 0 aliphatic carbocycles. The highest BCUT2D eigenvalue weighted by Crippen LogP contribution is 2.17. The second-order valence-electron chi connectivity index (χ2n) is 4.03. The van der Waals surface area contributed by atoms with Crippen LogP contribution in [0.1, 0.15) is 40.0 Å². The lowest BCUT2D eigenvalue weighted by Gasteiger charge is -2.34. The van der Waals surface area contributed by atoms with Crippen LogP contribution >= 0.6 is 0 Å². The molecule has 1 rings (SSSR count). The van der Waals surface area contributed by atoms with Crippen LogP contribution in [0.15, 0.2) is 0 Å². The molecule has 0 spiro atoms. The maximum atomic E-state index is 11.5. The summed E-state index contributed by atoms with van der Waals surface area (Å²) in [4.78, 5) is 13.5. The minimum Gasteiger partial charge on any atom is -0.340 e. The molecule has 0 aromatic carbocycles. The van der Waals surface area contributed by atoms with Gasteiger partial charge in [-0.3, -0.25) is 4.79 Å². The monoisotopic (exact) mass is 169 g/mol. The molecule has 2 nitrogen and oxygen atoms in total. The minimum absolute atomic E-state index is 0.349. The van der Waals surface area contributed by atoms with Crippen LogP contribution in [0.4, 0.5) is 0 Å². The van der Waals surface area contributed by atoms with E-state index in [9.17, 15) is 4.79 Å². The fraction of sp³-hybridized carbons (Fsp3) is 0.900. The molecule has 0 aromatic rings. The Morgan fingerprint density at radius 2 is 1.92 bits per heavy atom. The molecule has 0 saturated carbocycles. The highest BCUT2D eigenvalue weighted by Gasteiger charge is 2.24. The third-order valence-corrected chi connectivity index (χ3v) is 2.82. The summed E-state index contributed by atoms with van der Waals surface area (Å²) >= 11 is 0. The fourth-order valence-corrected chi connectivity index (χ4v) is 1.62.